The van der Waals surface area contributed by atoms with Crippen LogP contribution < -0.4 is 0 Å². The fraction of sp³-hybridized carbons (Fsp3) is 0.833. The minimum absolute atomic E-state index is 0. The maximum atomic E-state index is 3.89. The molecule has 0 saturated carbocycles. The molecule has 0 heterocycles. The quantitative estimate of drug-likeness (QED) is 0.633. The Morgan fingerprint density at radius 2 is 1.57 bits per heavy atom. The monoisotopic (exact) mass is 259 g/mol. The summed E-state index contributed by atoms with van der Waals surface area (Å²) in [7, 11) is 0. The van der Waals surface area contributed by atoms with E-state index in [1.165, 1.54) is 0 Å². The zero-order valence-electron chi connectivity index (χ0n) is 5.18. The predicted molar refractivity (Wildman–Crippen MR) is 29.4 cm³/mol. The first-order valence-corrected chi connectivity index (χ1v) is 2.41. The summed E-state index contributed by atoms with van der Waals surface area (Å²) in [4.78, 5) is 0. The third-order valence-corrected chi connectivity index (χ3v) is 0.957. The van der Waals surface area contributed by atoms with Crippen molar-refractivity contribution in [1.82, 2.24) is 0 Å². The molecule has 0 saturated heterocycles. The molecule has 0 radical (unpaired) electrons. The summed E-state index contributed by atoms with van der Waals surface area (Å²) in [6, 6.07) is 0. The third-order valence-electron chi connectivity index (χ3n) is 0.957. The first kappa shape index (κ1) is 11.3. The average molecular weight is 258 g/mol. The van der Waals surface area contributed by atoms with Gasteiger partial charge in [0.1, 0.15) is 0 Å². The summed E-state index contributed by atoms with van der Waals surface area (Å²) in [5.74, 6) is 0. The van der Waals surface area contributed by atoms with Gasteiger partial charge in [-0.1, -0.05) is 27.2 Å². The number of hydrogen-bond acceptors (Lipinski definition) is 0. The van der Waals surface area contributed by atoms with Crippen LogP contribution in [0.4, 0.5) is 0 Å². The first-order valence-electron chi connectivity index (χ1n) is 2.41. The molecule has 0 bridgehead atoms. The van der Waals surface area contributed by atoms with Gasteiger partial charge < -0.3 is 6.92 Å². The van der Waals surface area contributed by atoms with Crippen molar-refractivity contribution in [1.29, 1.82) is 0 Å². The van der Waals surface area contributed by atoms with Gasteiger partial charge >= 0.3 is 0 Å². The van der Waals surface area contributed by atoms with Gasteiger partial charge in [-0.2, -0.15) is 5.41 Å². The van der Waals surface area contributed by atoms with E-state index >= 15 is 0 Å². The second kappa shape index (κ2) is 4.40. The molecule has 0 aliphatic rings. The van der Waals surface area contributed by atoms with Crippen LogP contribution in [0.3, 0.4) is 0 Å². The number of rotatable bonds is 1. The summed E-state index contributed by atoms with van der Waals surface area (Å²) >= 11 is 0. The smallest absolute Gasteiger partial charge is 0 e. The summed E-state index contributed by atoms with van der Waals surface area (Å²) in [6.45, 7) is 10.3. The van der Waals surface area contributed by atoms with Crippen molar-refractivity contribution in [3.05, 3.63) is 6.92 Å². The summed E-state index contributed by atoms with van der Waals surface area (Å²) < 4.78 is 0. The van der Waals surface area contributed by atoms with E-state index in [-0.39, 0.29) is 46.9 Å². The Hall–Kier alpha value is 1.52. The molecular formula is C6H13Yb-. The summed E-state index contributed by atoms with van der Waals surface area (Å²) in [5, 5.41) is 0. The molecule has 0 aromatic rings. The zero-order chi connectivity index (χ0) is 5.21. The Bertz CT molecular complexity index is 33.9. The van der Waals surface area contributed by atoms with Gasteiger partial charge in [-0.05, 0) is 0 Å². The molecule has 0 spiro atoms. The maximum Gasteiger partial charge on any atom is 0 e. The minimum Gasteiger partial charge on any atom is -0.338 e. The second-order valence-electron chi connectivity index (χ2n) is 2.52. The molecule has 0 aromatic carbocycles. The van der Waals surface area contributed by atoms with E-state index in [4.69, 9.17) is 0 Å². The third kappa shape index (κ3) is 11.2. The van der Waals surface area contributed by atoms with Gasteiger partial charge in [0.05, 0.1) is 0 Å². The minimum atomic E-state index is 0. The molecular weight excluding hydrogens is 245 g/mol. The van der Waals surface area contributed by atoms with E-state index in [9.17, 15) is 0 Å². The van der Waals surface area contributed by atoms with Crippen LogP contribution in [-0.2, 0) is 0 Å². The van der Waals surface area contributed by atoms with Crippen LogP contribution in [0, 0.1) is 59.3 Å². The molecule has 0 fully saturated rings. The van der Waals surface area contributed by atoms with Crippen LogP contribution in [0.5, 0.6) is 0 Å². The maximum absolute atomic E-state index is 3.89. The van der Waals surface area contributed by atoms with Gasteiger partial charge in [0.25, 0.3) is 0 Å². The Kier molecular flexibility index (Phi) is 7.13. The van der Waals surface area contributed by atoms with Crippen LogP contribution in [-0.4, -0.2) is 0 Å². The van der Waals surface area contributed by atoms with Gasteiger partial charge in [-0.15, -0.1) is 0 Å². The predicted octanol–water partition coefficient (Wildman–Crippen LogP) is 2.26. The Balaban J connectivity index is 0. The molecule has 0 aliphatic carbocycles. The van der Waals surface area contributed by atoms with Crippen molar-refractivity contribution in [3.8, 4) is 0 Å². The Morgan fingerprint density at radius 1 is 1.43 bits per heavy atom. The molecule has 0 nitrogen and oxygen atoms in total. The molecule has 0 N–H and O–H groups in total. The topological polar surface area (TPSA) is 0 Å². The molecule has 0 aliphatic heterocycles. The molecule has 0 amide bonds. The van der Waals surface area contributed by atoms with Crippen LogP contribution in [0.1, 0.15) is 27.2 Å². The van der Waals surface area contributed by atoms with Crippen LogP contribution in [0.25, 0.3) is 0 Å². The fourth-order valence-electron chi connectivity index (χ4n) is 0. The average Bonchev–Trinajstić information content (AvgIpc) is 1.35. The normalized spacial score (nSPS) is 10.3. The van der Waals surface area contributed by atoms with E-state index in [2.05, 4.69) is 27.7 Å². The van der Waals surface area contributed by atoms with E-state index in [0.717, 1.165) is 6.42 Å². The van der Waals surface area contributed by atoms with Crippen molar-refractivity contribution in [2.45, 2.75) is 27.2 Å². The van der Waals surface area contributed by atoms with Gasteiger partial charge in [0, 0.05) is 46.9 Å². The second-order valence-corrected chi connectivity index (χ2v) is 2.52. The zero-order valence-corrected chi connectivity index (χ0v) is 6.90. The Labute approximate surface area is 85.3 Å². The van der Waals surface area contributed by atoms with Gasteiger partial charge in [0.2, 0.25) is 0 Å². The van der Waals surface area contributed by atoms with Gasteiger partial charge in [-0.25, -0.2) is 0 Å². The van der Waals surface area contributed by atoms with Crippen molar-refractivity contribution < 1.29 is 46.9 Å². The van der Waals surface area contributed by atoms with E-state index in [1.54, 1.807) is 0 Å². The molecule has 0 rings (SSSR count). The van der Waals surface area contributed by atoms with Crippen LogP contribution >= 0.6 is 0 Å². The first-order chi connectivity index (χ1) is 2.56. The SMILES string of the molecule is [CH2-]C(C)(C)CC.[Yb]. The van der Waals surface area contributed by atoms with Crippen molar-refractivity contribution in [3.63, 3.8) is 0 Å². The molecule has 7 heavy (non-hydrogen) atoms. The van der Waals surface area contributed by atoms with E-state index in [1.807, 2.05) is 0 Å². The number of hydrogen-bond donors (Lipinski definition) is 0. The fourth-order valence-corrected chi connectivity index (χ4v) is 0. The molecule has 0 atom stereocenters. The molecule has 52 valence electrons. The molecule has 0 aromatic heterocycles. The standard InChI is InChI=1S/C6H13.Yb/c1-5-6(2,3)4;/h2,5H2,1,3-4H3;/q-1;. The van der Waals surface area contributed by atoms with E-state index in [0.29, 0.717) is 5.41 Å². The van der Waals surface area contributed by atoms with Gasteiger partial charge in [-0.3, -0.25) is 0 Å². The largest absolute Gasteiger partial charge is 0.338 e. The molecule has 0 unspecified atom stereocenters. The van der Waals surface area contributed by atoms with Crippen molar-refractivity contribution >= 4 is 0 Å². The van der Waals surface area contributed by atoms with E-state index < -0.39 is 0 Å². The van der Waals surface area contributed by atoms with Crippen LogP contribution in [0.15, 0.2) is 0 Å². The van der Waals surface area contributed by atoms with Crippen LogP contribution in [0.2, 0.25) is 0 Å². The molecule has 1 heteroatoms. The summed E-state index contributed by atoms with van der Waals surface area (Å²) in [5.41, 5.74) is 0.292. The Morgan fingerprint density at radius 3 is 1.57 bits per heavy atom. The van der Waals surface area contributed by atoms with Crippen molar-refractivity contribution in [2.24, 2.45) is 5.41 Å². The van der Waals surface area contributed by atoms with Gasteiger partial charge in [0.15, 0.2) is 0 Å². The summed E-state index contributed by atoms with van der Waals surface area (Å²) in [6.07, 6.45) is 1.16. The van der Waals surface area contributed by atoms with Crippen molar-refractivity contribution in [2.75, 3.05) is 0 Å².